The SMILES string of the molecule is Cc1nc(CC2CCCN(c3ccc(F)cc3)CC2)nc(C=O)c1O. The number of aryl methyl sites for hydroxylation is 1. The number of anilines is 1. The third-order valence-corrected chi connectivity index (χ3v) is 4.75. The minimum Gasteiger partial charge on any atom is -0.504 e. The van der Waals surface area contributed by atoms with Gasteiger partial charge in [-0.1, -0.05) is 0 Å². The van der Waals surface area contributed by atoms with Crippen LogP contribution in [0, 0.1) is 18.7 Å². The Balaban J connectivity index is 1.66. The quantitative estimate of drug-likeness (QED) is 0.863. The summed E-state index contributed by atoms with van der Waals surface area (Å²) in [6, 6.07) is 6.62. The number of carbonyl (C=O) groups is 1. The Kier molecular flexibility index (Phi) is 5.26. The number of benzene rings is 1. The fourth-order valence-corrected chi connectivity index (χ4v) is 3.36. The summed E-state index contributed by atoms with van der Waals surface area (Å²) in [7, 11) is 0. The van der Waals surface area contributed by atoms with E-state index in [4.69, 9.17) is 0 Å². The summed E-state index contributed by atoms with van der Waals surface area (Å²) in [5.41, 5.74) is 1.54. The molecular formula is C19H22FN3O2. The number of rotatable bonds is 4. The molecule has 1 aromatic heterocycles. The lowest BCUT2D eigenvalue weighted by atomic mass is 9.96. The monoisotopic (exact) mass is 343 g/mol. The summed E-state index contributed by atoms with van der Waals surface area (Å²) in [6.45, 7) is 3.52. The molecule has 1 unspecified atom stereocenters. The first-order valence-electron chi connectivity index (χ1n) is 8.59. The molecule has 0 bridgehead atoms. The molecule has 2 heterocycles. The van der Waals surface area contributed by atoms with Gasteiger partial charge in [-0.05, 0) is 56.4 Å². The lowest BCUT2D eigenvalue weighted by molar-refractivity contribution is 0.111. The van der Waals surface area contributed by atoms with Crippen molar-refractivity contribution in [1.29, 1.82) is 0 Å². The molecule has 3 rings (SSSR count). The minimum absolute atomic E-state index is 0.0593. The third kappa shape index (κ3) is 4.13. The van der Waals surface area contributed by atoms with Gasteiger partial charge in [-0.3, -0.25) is 4.79 Å². The van der Waals surface area contributed by atoms with E-state index < -0.39 is 0 Å². The number of halogens is 1. The van der Waals surface area contributed by atoms with E-state index in [1.807, 2.05) is 12.1 Å². The Morgan fingerprint density at radius 1 is 1.24 bits per heavy atom. The number of hydrogen-bond acceptors (Lipinski definition) is 5. The van der Waals surface area contributed by atoms with Gasteiger partial charge < -0.3 is 10.0 Å². The summed E-state index contributed by atoms with van der Waals surface area (Å²) >= 11 is 0. The van der Waals surface area contributed by atoms with Crippen molar-refractivity contribution >= 4 is 12.0 Å². The largest absolute Gasteiger partial charge is 0.504 e. The van der Waals surface area contributed by atoms with Gasteiger partial charge in [0.15, 0.2) is 12.0 Å². The molecule has 1 aliphatic heterocycles. The Bertz CT molecular complexity index is 749. The van der Waals surface area contributed by atoms with Crippen molar-refractivity contribution in [3.63, 3.8) is 0 Å². The van der Waals surface area contributed by atoms with E-state index in [1.54, 1.807) is 6.92 Å². The highest BCUT2D eigenvalue weighted by Gasteiger charge is 2.20. The van der Waals surface area contributed by atoms with Gasteiger partial charge in [0.25, 0.3) is 0 Å². The molecule has 1 aromatic carbocycles. The molecule has 1 N–H and O–H groups in total. The average Bonchev–Trinajstić information content (AvgIpc) is 2.84. The third-order valence-electron chi connectivity index (χ3n) is 4.75. The number of hydrogen-bond donors (Lipinski definition) is 1. The molecule has 1 fully saturated rings. The summed E-state index contributed by atoms with van der Waals surface area (Å²) in [4.78, 5) is 21.8. The summed E-state index contributed by atoms with van der Waals surface area (Å²) < 4.78 is 13.1. The average molecular weight is 343 g/mol. The highest BCUT2D eigenvalue weighted by atomic mass is 19.1. The Morgan fingerprint density at radius 2 is 2.00 bits per heavy atom. The summed E-state index contributed by atoms with van der Waals surface area (Å²) in [5.74, 6) is 0.677. The van der Waals surface area contributed by atoms with E-state index in [1.165, 1.54) is 12.1 Å². The van der Waals surface area contributed by atoms with Crippen molar-refractivity contribution in [2.45, 2.75) is 32.6 Å². The Labute approximate surface area is 146 Å². The van der Waals surface area contributed by atoms with Gasteiger partial charge in [-0.25, -0.2) is 14.4 Å². The van der Waals surface area contributed by atoms with Crippen molar-refractivity contribution in [3.05, 3.63) is 47.3 Å². The van der Waals surface area contributed by atoms with Crippen LogP contribution in [-0.2, 0) is 6.42 Å². The number of aromatic hydroxyl groups is 1. The predicted molar refractivity (Wildman–Crippen MR) is 93.5 cm³/mol. The van der Waals surface area contributed by atoms with Crippen molar-refractivity contribution in [3.8, 4) is 5.75 Å². The van der Waals surface area contributed by atoms with E-state index >= 15 is 0 Å². The zero-order chi connectivity index (χ0) is 17.8. The number of aldehydes is 1. The topological polar surface area (TPSA) is 66.3 Å². The second-order valence-electron chi connectivity index (χ2n) is 6.54. The van der Waals surface area contributed by atoms with Gasteiger partial charge in [0.05, 0.1) is 5.69 Å². The van der Waals surface area contributed by atoms with Crippen molar-refractivity contribution in [2.24, 2.45) is 5.92 Å². The van der Waals surface area contributed by atoms with Crippen LogP contribution in [0.4, 0.5) is 10.1 Å². The predicted octanol–water partition coefficient (Wildman–Crippen LogP) is 3.29. The zero-order valence-electron chi connectivity index (χ0n) is 14.3. The number of carbonyl (C=O) groups excluding carboxylic acids is 1. The Morgan fingerprint density at radius 3 is 2.72 bits per heavy atom. The van der Waals surface area contributed by atoms with Crippen LogP contribution < -0.4 is 4.90 Å². The van der Waals surface area contributed by atoms with Gasteiger partial charge in [0.1, 0.15) is 17.3 Å². The molecule has 1 aliphatic rings. The van der Waals surface area contributed by atoms with Gasteiger partial charge in [0.2, 0.25) is 0 Å². The van der Waals surface area contributed by atoms with Crippen LogP contribution in [0.15, 0.2) is 24.3 Å². The minimum atomic E-state index is -0.220. The van der Waals surface area contributed by atoms with Crippen molar-refractivity contribution < 1.29 is 14.3 Å². The summed E-state index contributed by atoms with van der Waals surface area (Å²) in [5, 5.41) is 9.76. The molecule has 6 heteroatoms. The van der Waals surface area contributed by atoms with Crippen LogP contribution in [0.2, 0.25) is 0 Å². The van der Waals surface area contributed by atoms with Crippen molar-refractivity contribution in [1.82, 2.24) is 9.97 Å². The molecule has 25 heavy (non-hydrogen) atoms. The highest BCUT2D eigenvalue weighted by molar-refractivity contribution is 5.76. The molecule has 1 atom stereocenters. The van der Waals surface area contributed by atoms with Gasteiger partial charge in [0, 0.05) is 25.2 Å². The standard InChI is InChI=1S/C19H22FN3O2/c1-13-19(25)17(12-24)22-18(21-13)11-14-3-2-9-23(10-8-14)16-6-4-15(20)5-7-16/h4-7,12,14,25H,2-3,8-11H2,1H3. The first kappa shape index (κ1) is 17.3. The first-order chi connectivity index (χ1) is 12.1. The smallest absolute Gasteiger partial charge is 0.172 e. The second kappa shape index (κ2) is 7.59. The maximum absolute atomic E-state index is 13.1. The van der Waals surface area contributed by atoms with Gasteiger partial charge in [-0.15, -0.1) is 0 Å². The number of nitrogens with zero attached hydrogens (tertiary/aromatic N) is 3. The molecule has 132 valence electrons. The molecule has 0 aliphatic carbocycles. The molecule has 0 saturated carbocycles. The van der Waals surface area contributed by atoms with E-state index in [9.17, 15) is 14.3 Å². The summed E-state index contributed by atoms with van der Waals surface area (Å²) in [6.07, 6.45) is 4.34. The molecule has 1 saturated heterocycles. The molecule has 0 radical (unpaired) electrons. The lowest BCUT2D eigenvalue weighted by Crippen LogP contribution is -2.24. The normalized spacial score (nSPS) is 18.0. The molecule has 2 aromatic rings. The first-order valence-corrected chi connectivity index (χ1v) is 8.59. The second-order valence-corrected chi connectivity index (χ2v) is 6.54. The van der Waals surface area contributed by atoms with Crippen LogP contribution in [0.1, 0.15) is 41.3 Å². The van der Waals surface area contributed by atoms with E-state index in [2.05, 4.69) is 14.9 Å². The van der Waals surface area contributed by atoms with E-state index in [0.717, 1.165) is 38.0 Å². The zero-order valence-corrected chi connectivity index (χ0v) is 14.3. The van der Waals surface area contributed by atoms with Crippen LogP contribution >= 0.6 is 0 Å². The number of aromatic nitrogens is 2. The maximum atomic E-state index is 13.1. The van der Waals surface area contributed by atoms with Crippen LogP contribution in [-0.4, -0.2) is 34.5 Å². The molecular weight excluding hydrogens is 321 g/mol. The van der Waals surface area contributed by atoms with Gasteiger partial charge >= 0.3 is 0 Å². The fourth-order valence-electron chi connectivity index (χ4n) is 3.36. The molecule has 5 nitrogen and oxygen atoms in total. The Hall–Kier alpha value is -2.50. The van der Waals surface area contributed by atoms with Gasteiger partial charge in [-0.2, -0.15) is 0 Å². The fraction of sp³-hybridized carbons (Fsp3) is 0.421. The van der Waals surface area contributed by atoms with Crippen LogP contribution in [0.5, 0.6) is 5.75 Å². The molecule has 0 spiro atoms. The highest BCUT2D eigenvalue weighted by Crippen LogP contribution is 2.26. The van der Waals surface area contributed by atoms with Crippen LogP contribution in [0.3, 0.4) is 0 Å². The van der Waals surface area contributed by atoms with E-state index in [-0.39, 0.29) is 17.3 Å². The lowest BCUT2D eigenvalue weighted by Gasteiger charge is -2.22. The van der Waals surface area contributed by atoms with Crippen molar-refractivity contribution in [2.75, 3.05) is 18.0 Å². The molecule has 0 amide bonds. The van der Waals surface area contributed by atoms with Crippen LogP contribution in [0.25, 0.3) is 0 Å². The van der Waals surface area contributed by atoms with E-state index in [0.29, 0.717) is 30.1 Å². The maximum Gasteiger partial charge on any atom is 0.172 e.